The lowest BCUT2D eigenvalue weighted by Gasteiger charge is -2.20. The summed E-state index contributed by atoms with van der Waals surface area (Å²) in [7, 11) is 0. The van der Waals surface area contributed by atoms with Gasteiger partial charge in [-0.25, -0.2) is 0 Å². The van der Waals surface area contributed by atoms with E-state index in [4.69, 9.17) is 5.73 Å². The van der Waals surface area contributed by atoms with Gasteiger partial charge in [0.15, 0.2) is 0 Å². The number of hydrogen-bond donors (Lipinski definition) is 1. The van der Waals surface area contributed by atoms with E-state index in [0.717, 1.165) is 37.2 Å². The van der Waals surface area contributed by atoms with E-state index >= 15 is 0 Å². The van der Waals surface area contributed by atoms with E-state index in [9.17, 15) is 4.79 Å². The molecule has 1 fully saturated rings. The Kier molecular flexibility index (Phi) is 5.38. The summed E-state index contributed by atoms with van der Waals surface area (Å²) in [5, 5.41) is 0. The van der Waals surface area contributed by atoms with Gasteiger partial charge in [0.05, 0.1) is 5.69 Å². The molecule has 0 atom stereocenters. The van der Waals surface area contributed by atoms with Gasteiger partial charge in [0.2, 0.25) is 5.91 Å². The van der Waals surface area contributed by atoms with Gasteiger partial charge in [-0.2, -0.15) is 0 Å². The largest absolute Gasteiger partial charge is 0.325 e. The Bertz CT molecular complexity index is 384. The Hall–Kier alpha value is -1.13. The van der Waals surface area contributed by atoms with E-state index in [0.29, 0.717) is 13.0 Å². The number of amides is 1. The summed E-state index contributed by atoms with van der Waals surface area (Å²) >= 11 is 0. The summed E-state index contributed by atoms with van der Waals surface area (Å²) in [6.45, 7) is 1.22. The first-order valence-corrected chi connectivity index (χ1v) is 5.76. The number of nitrogens with two attached hydrogens (primary N) is 1. The predicted molar refractivity (Wildman–Crippen MR) is 70.2 cm³/mol. The van der Waals surface area contributed by atoms with Crippen LogP contribution >= 0.6 is 12.4 Å². The molecular weight excluding hydrogens is 238 g/mol. The normalized spacial score (nSPS) is 16.3. The van der Waals surface area contributed by atoms with Crippen molar-refractivity contribution < 1.29 is 4.79 Å². The zero-order valence-corrected chi connectivity index (χ0v) is 10.6. The molecule has 4 nitrogen and oxygen atoms in total. The number of halogens is 1. The summed E-state index contributed by atoms with van der Waals surface area (Å²) in [6, 6.07) is 3.78. The maximum Gasteiger partial charge on any atom is 0.226 e. The van der Waals surface area contributed by atoms with Gasteiger partial charge >= 0.3 is 0 Å². The van der Waals surface area contributed by atoms with Crippen LogP contribution in [-0.4, -0.2) is 17.4 Å². The second-order valence-corrected chi connectivity index (χ2v) is 4.07. The fourth-order valence-electron chi connectivity index (χ4n) is 2.00. The van der Waals surface area contributed by atoms with Gasteiger partial charge in [-0.3, -0.25) is 9.78 Å². The van der Waals surface area contributed by atoms with E-state index in [-0.39, 0.29) is 18.3 Å². The molecule has 17 heavy (non-hydrogen) atoms. The summed E-state index contributed by atoms with van der Waals surface area (Å²) in [5.74, 6) is 0.215. The standard InChI is InChI=1S/C12H17N3O.ClH/c13-9-10-8-11(5-6-14-10)15-7-3-1-2-4-12(15)16;/h5-6,8H,1-4,7,9,13H2;1H. The van der Waals surface area contributed by atoms with Gasteiger partial charge in [-0.1, -0.05) is 6.42 Å². The highest BCUT2D eigenvalue weighted by molar-refractivity contribution is 5.93. The van der Waals surface area contributed by atoms with Crippen molar-refractivity contribution in [2.75, 3.05) is 11.4 Å². The van der Waals surface area contributed by atoms with Crippen molar-refractivity contribution in [3.63, 3.8) is 0 Å². The molecule has 0 aromatic carbocycles. The van der Waals surface area contributed by atoms with Crippen molar-refractivity contribution in [3.05, 3.63) is 24.0 Å². The minimum Gasteiger partial charge on any atom is -0.325 e. The molecule has 1 amide bonds. The van der Waals surface area contributed by atoms with E-state index in [1.165, 1.54) is 0 Å². The number of nitrogens with zero attached hydrogens (tertiary/aromatic N) is 2. The molecule has 0 saturated carbocycles. The molecule has 2 rings (SSSR count). The molecule has 1 aliphatic heterocycles. The quantitative estimate of drug-likeness (QED) is 0.878. The molecule has 0 bridgehead atoms. The van der Waals surface area contributed by atoms with Crippen molar-refractivity contribution >= 4 is 24.0 Å². The topological polar surface area (TPSA) is 59.2 Å². The maximum atomic E-state index is 11.9. The molecule has 0 spiro atoms. The highest BCUT2D eigenvalue weighted by atomic mass is 35.5. The molecule has 0 unspecified atom stereocenters. The monoisotopic (exact) mass is 255 g/mol. The minimum atomic E-state index is 0. The van der Waals surface area contributed by atoms with Crippen molar-refractivity contribution in [3.8, 4) is 0 Å². The average molecular weight is 256 g/mol. The Labute approximate surface area is 108 Å². The van der Waals surface area contributed by atoms with E-state index in [2.05, 4.69) is 4.98 Å². The highest BCUT2D eigenvalue weighted by Gasteiger charge is 2.18. The molecule has 2 N–H and O–H groups in total. The van der Waals surface area contributed by atoms with Crippen LogP contribution in [0, 0.1) is 0 Å². The van der Waals surface area contributed by atoms with Crippen LogP contribution in [0.2, 0.25) is 0 Å². The maximum absolute atomic E-state index is 11.9. The Morgan fingerprint density at radius 3 is 2.94 bits per heavy atom. The van der Waals surface area contributed by atoms with Crippen molar-refractivity contribution in [1.82, 2.24) is 4.98 Å². The van der Waals surface area contributed by atoms with Crippen LogP contribution in [0.4, 0.5) is 5.69 Å². The molecule has 2 heterocycles. The third-order valence-corrected chi connectivity index (χ3v) is 2.89. The first-order valence-electron chi connectivity index (χ1n) is 5.76. The van der Waals surface area contributed by atoms with E-state index in [1.54, 1.807) is 6.20 Å². The zero-order chi connectivity index (χ0) is 11.4. The van der Waals surface area contributed by atoms with Crippen molar-refractivity contribution in [2.24, 2.45) is 5.73 Å². The third-order valence-electron chi connectivity index (χ3n) is 2.89. The average Bonchev–Trinajstić information content (AvgIpc) is 2.54. The molecule has 0 radical (unpaired) electrons. The molecule has 94 valence electrons. The molecule has 0 aliphatic carbocycles. The smallest absolute Gasteiger partial charge is 0.226 e. The van der Waals surface area contributed by atoms with Crippen LogP contribution < -0.4 is 10.6 Å². The Morgan fingerprint density at radius 2 is 2.18 bits per heavy atom. The van der Waals surface area contributed by atoms with Gasteiger partial charge in [-0.05, 0) is 25.0 Å². The van der Waals surface area contributed by atoms with E-state index in [1.807, 2.05) is 17.0 Å². The third kappa shape index (κ3) is 3.41. The van der Waals surface area contributed by atoms with Gasteiger partial charge in [0, 0.05) is 31.4 Å². The van der Waals surface area contributed by atoms with Crippen LogP contribution in [0.1, 0.15) is 31.4 Å². The van der Waals surface area contributed by atoms with Crippen LogP contribution in [-0.2, 0) is 11.3 Å². The molecule has 1 saturated heterocycles. The second kappa shape index (κ2) is 6.57. The SMILES string of the molecule is Cl.NCc1cc(N2CCCCCC2=O)ccn1. The van der Waals surface area contributed by atoms with Crippen LogP contribution in [0.5, 0.6) is 0 Å². The molecule has 5 heteroatoms. The number of anilines is 1. The summed E-state index contributed by atoms with van der Waals surface area (Å²) in [6.07, 6.45) is 5.59. The number of hydrogen-bond acceptors (Lipinski definition) is 3. The summed E-state index contributed by atoms with van der Waals surface area (Å²) in [4.78, 5) is 17.9. The number of aromatic nitrogens is 1. The number of pyridine rings is 1. The lowest BCUT2D eigenvalue weighted by Crippen LogP contribution is -2.30. The second-order valence-electron chi connectivity index (χ2n) is 4.07. The first-order chi connectivity index (χ1) is 7.81. The summed E-state index contributed by atoms with van der Waals surface area (Å²) < 4.78 is 0. The van der Waals surface area contributed by atoms with Crippen molar-refractivity contribution in [1.29, 1.82) is 0 Å². The minimum absolute atomic E-state index is 0. The first kappa shape index (κ1) is 13.9. The van der Waals surface area contributed by atoms with Gasteiger partial charge < -0.3 is 10.6 Å². The predicted octanol–water partition coefficient (Wildman–Crippen LogP) is 1.87. The summed E-state index contributed by atoms with van der Waals surface area (Å²) in [5.41, 5.74) is 7.31. The van der Waals surface area contributed by atoms with Crippen LogP contribution in [0.25, 0.3) is 0 Å². The fourth-order valence-corrected chi connectivity index (χ4v) is 2.00. The van der Waals surface area contributed by atoms with Crippen LogP contribution in [0.15, 0.2) is 18.3 Å². The lowest BCUT2D eigenvalue weighted by molar-refractivity contribution is -0.118. The molecule has 1 aromatic heterocycles. The number of rotatable bonds is 2. The lowest BCUT2D eigenvalue weighted by atomic mass is 10.2. The Morgan fingerprint density at radius 1 is 1.35 bits per heavy atom. The number of carbonyl (C=O) groups is 1. The van der Waals surface area contributed by atoms with Gasteiger partial charge in [0.25, 0.3) is 0 Å². The molecule has 1 aromatic rings. The molecular formula is C12H18ClN3O. The fraction of sp³-hybridized carbons (Fsp3) is 0.500. The highest BCUT2D eigenvalue weighted by Crippen LogP contribution is 2.20. The Balaban J connectivity index is 0.00000144. The van der Waals surface area contributed by atoms with E-state index < -0.39 is 0 Å². The number of carbonyl (C=O) groups excluding carboxylic acids is 1. The molecule has 1 aliphatic rings. The van der Waals surface area contributed by atoms with Gasteiger partial charge in [-0.15, -0.1) is 12.4 Å². The van der Waals surface area contributed by atoms with Crippen LogP contribution in [0.3, 0.4) is 0 Å². The zero-order valence-electron chi connectivity index (χ0n) is 9.76. The van der Waals surface area contributed by atoms with Gasteiger partial charge in [0.1, 0.15) is 0 Å². The van der Waals surface area contributed by atoms with Crippen molar-refractivity contribution in [2.45, 2.75) is 32.2 Å².